The van der Waals surface area contributed by atoms with Crippen molar-refractivity contribution in [3.63, 3.8) is 0 Å². The Kier molecular flexibility index (Phi) is 7.30. The Morgan fingerprint density at radius 2 is 2.10 bits per heavy atom. The first-order valence-electron chi connectivity index (χ1n) is 9.86. The zero-order chi connectivity index (χ0) is 20.6. The highest BCUT2D eigenvalue weighted by Crippen LogP contribution is 2.25. The Labute approximate surface area is 169 Å². The Bertz CT molecular complexity index is 841. The van der Waals surface area contributed by atoms with E-state index in [0.29, 0.717) is 36.4 Å². The van der Waals surface area contributed by atoms with Crippen molar-refractivity contribution in [3.05, 3.63) is 54.0 Å². The second-order valence-electron chi connectivity index (χ2n) is 7.26. The molecule has 0 saturated heterocycles. The van der Waals surface area contributed by atoms with Gasteiger partial charge in [-0.2, -0.15) is 0 Å². The van der Waals surface area contributed by atoms with Crippen molar-refractivity contribution in [1.82, 2.24) is 15.6 Å². The van der Waals surface area contributed by atoms with Crippen molar-refractivity contribution < 1.29 is 18.7 Å². The molecule has 7 heteroatoms. The van der Waals surface area contributed by atoms with Gasteiger partial charge in [0, 0.05) is 37.4 Å². The van der Waals surface area contributed by atoms with Gasteiger partial charge in [0.15, 0.2) is 0 Å². The Morgan fingerprint density at radius 1 is 1.24 bits per heavy atom. The summed E-state index contributed by atoms with van der Waals surface area (Å²) in [5.74, 6) is -0.626. The SMILES string of the molecule is COCCNC(=O)C1CCCC(NC(=O)c2ccc(-c3cccc(F)c3)nc2)C1. The van der Waals surface area contributed by atoms with Gasteiger partial charge in [0.1, 0.15) is 5.82 Å². The molecule has 1 fully saturated rings. The van der Waals surface area contributed by atoms with E-state index < -0.39 is 0 Å². The monoisotopic (exact) mass is 399 g/mol. The molecule has 0 aliphatic heterocycles. The van der Waals surface area contributed by atoms with E-state index in [4.69, 9.17) is 4.74 Å². The average Bonchev–Trinajstić information content (AvgIpc) is 2.74. The van der Waals surface area contributed by atoms with Crippen LogP contribution in [-0.2, 0) is 9.53 Å². The summed E-state index contributed by atoms with van der Waals surface area (Å²) < 4.78 is 18.3. The molecule has 154 valence electrons. The van der Waals surface area contributed by atoms with Crippen molar-refractivity contribution in [1.29, 1.82) is 0 Å². The molecule has 29 heavy (non-hydrogen) atoms. The predicted molar refractivity (Wildman–Crippen MR) is 108 cm³/mol. The quantitative estimate of drug-likeness (QED) is 0.702. The molecule has 1 aliphatic rings. The molecule has 1 aromatic carbocycles. The molecule has 2 atom stereocenters. The first-order chi connectivity index (χ1) is 14.1. The standard InChI is InChI=1S/C22H26FN3O3/c1-29-11-10-24-21(27)16-5-3-7-19(13-16)26-22(28)17-8-9-20(25-14-17)15-4-2-6-18(23)12-15/h2,4,6,8-9,12,14,16,19H,3,5,7,10-11,13H2,1H3,(H,24,27)(H,26,28). The maximum atomic E-state index is 13.4. The Balaban J connectivity index is 1.56. The number of hydrogen-bond donors (Lipinski definition) is 2. The van der Waals surface area contributed by atoms with Crippen LogP contribution in [-0.4, -0.2) is 43.1 Å². The number of pyridine rings is 1. The second kappa shape index (κ2) is 10.1. The number of hydrogen-bond acceptors (Lipinski definition) is 4. The number of methoxy groups -OCH3 is 1. The highest BCUT2D eigenvalue weighted by atomic mass is 19.1. The number of carbonyl (C=O) groups is 2. The van der Waals surface area contributed by atoms with Crippen LogP contribution < -0.4 is 10.6 Å². The van der Waals surface area contributed by atoms with Gasteiger partial charge in [-0.1, -0.05) is 18.6 Å². The first kappa shape index (κ1) is 20.9. The molecule has 1 heterocycles. The summed E-state index contributed by atoms with van der Waals surface area (Å²) in [4.78, 5) is 29.1. The van der Waals surface area contributed by atoms with Gasteiger partial charge in [-0.25, -0.2) is 4.39 Å². The minimum absolute atomic E-state index is 0.0158. The number of ether oxygens (including phenoxy) is 1. The Hall–Kier alpha value is -2.80. The fourth-order valence-corrected chi connectivity index (χ4v) is 3.60. The van der Waals surface area contributed by atoms with Crippen LogP contribution in [0.3, 0.4) is 0 Å². The summed E-state index contributed by atoms with van der Waals surface area (Å²) in [6.45, 7) is 0.976. The second-order valence-corrected chi connectivity index (χ2v) is 7.26. The average molecular weight is 399 g/mol. The molecular weight excluding hydrogens is 373 g/mol. The van der Waals surface area contributed by atoms with E-state index in [1.807, 2.05) is 0 Å². The summed E-state index contributed by atoms with van der Waals surface area (Å²) >= 11 is 0. The Morgan fingerprint density at radius 3 is 2.83 bits per heavy atom. The number of halogens is 1. The fourth-order valence-electron chi connectivity index (χ4n) is 3.60. The van der Waals surface area contributed by atoms with Crippen molar-refractivity contribution in [3.8, 4) is 11.3 Å². The molecule has 2 N–H and O–H groups in total. The number of benzene rings is 1. The molecule has 3 rings (SSSR count). The van der Waals surface area contributed by atoms with Crippen LogP contribution in [0.5, 0.6) is 0 Å². The van der Waals surface area contributed by atoms with Gasteiger partial charge in [-0.05, 0) is 43.5 Å². The van der Waals surface area contributed by atoms with Crippen LogP contribution in [0.15, 0.2) is 42.6 Å². The largest absolute Gasteiger partial charge is 0.383 e. The summed E-state index contributed by atoms with van der Waals surface area (Å²) in [5.41, 5.74) is 1.70. The molecule has 2 amide bonds. The van der Waals surface area contributed by atoms with E-state index in [1.165, 1.54) is 18.3 Å². The van der Waals surface area contributed by atoms with Crippen LogP contribution in [0.4, 0.5) is 4.39 Å². The van der Waals surface area contributed by atoms with Gasteiger partial charge in [0.25, 0.3) is 5.91 Å². The maximum Gasteiger partial charge on any atom is 0.253 e. The van der Waals surface area contributed by atoms with Crippen molar-refractivity contribution >= 4 is 11.8 Å². The van der Waals surface area contributed by atoms with Gasteiger partial charge in [0.2, 0.25) is 5.91 Å². The van der Waals surface area contributed by atoms with Gasteiger partial charge in [-0.15, -0.1) is 0 Å². The van der Waals surface area contributed by atoms with Crippen LogP contribution in [0.2, 0.25) is 0 Å². The molecule has 1 aliphatic carbocycles. The predicted octanol–water partition coefficient (Wildman–Crippen LogP) is 2.94. The van der Waals surface area contributed by atoms with Gasteiger partial charge >= 0.3 is 0 Å². The first-order valence-corrected chi connectivity index (χ1v) is 9.86. The van der Waals surface area contributed by atoms with Crippen molar-refractivity contribution in [2.45, 2.75) is 31.7 Å². The van der Waals surface area contributed by atoms with Crippen LogP contribution in [0.1, 0.15) is 36.0 Å². The summed E-state index contributed by atoms with van der Waals surface area (Å²) in [6, 6.07) is 9.51. The molecule has 2 unspecified atom stereocenters. The van der Waals surface area contributed by atoms with E-state index in [-0.39, 0.29) is 29.6 Å². The molecule has 2 aromatic rings. The fraction of sp³-hybridized carbons (Fsp3) is 0.409. The van der Waals surface area contributed by atoms with E-state index >= 15 is 0 Å². The van der Waals surface area contributed by atoms with E-state index in [9.17, 15) is 14.0 Å². The normalized spacial score (nSPS) is 18.8. The highest BCUT2D eigenvalue weighted by Gasteiger charge is 2.28. The number of nitrogens with one attached hydrogen (secondary N) is 2. The lowest BCUT2D eigenvalue weighted by Gasteiger charge is -2.29. The number of rotatable bonds is 7. The third kappa shape index (κ3) is 5.84. The van der Waals surface area contributed by atoms with Crippen molar-refractivity contribution in [2.75, 3.05) is 20.3 Å². The number of carbonyl (C=O) groups excluding carboxylic acids is 2. The van der Waals surface area contributed by atoms with E-state index in [1.54, 1.807) is 31.4 Å². The molecule has 0 radical (unpaired) electrons. The number of amides is 2. The summed E-state index contributed by atoms with van der Waals surface area (Å²) in [6.07, 6.45) is 4.69. The lowest BCUT2D eigenvalue weighted by molar-refractivity contribution is -0.126. The molecule has 1 aromatic heterocycles. The van der Waals surface area contributed by atoms with Crippen LogP contribution in [0, 0.1) is 11.7 Å². The van der Waals surface area contributed by atoms with Gasteiger partial charge in [0.05, 0.1) is 17.9 Å². The molecule has 0 spiro atoms. The summed E-state index contributed by atoms with van der Waals surface area (Å²) in [5, 5.41) is 5.88. The summed E-state index contributed by atoms with van der Waals surface area (Å²) in [7, 11) is 1.60. The highest BCUT2D eigenvalue weighted by molar-refractivity contribution is 5.94. The molecular formula is C22H26FN3O3. The smallest absolute Gasteiger partial charge is 0.253 e. The third-order valence-electron chi connectivity index (χ3n) is 5.13. The van der Waals surface area contributed by atoms with Crippen molar-refractivity contribution in [2.24, 2.45) is 5.92 Å². The lowest BCUT2D eigenvalue weighted by Crippen LogP contribution is -2.43. The van der Waals surface area contributed by atoms with E-state index in [0.717, 1.165) is 19.3 Å². The number of nitrogens with zero attached hydrogens (tertiary/aromatic N) is 1. The third-order valence-corrected chi connectivity index (χ3v) is 5.13. The van der Waals surface area contributed by atoms with Crippen LogP contribution >= 0.6 is 0 Å². The zero-order valence-corrected chi connectivity index (χ0v) is 16.5. The van der Waals surface area contributed by atoms with Gasteiger partial charge in [-0.3, -0.25) is 14.6 Å². The lowest BCUT2D eigenvalue weighted by atomic mass is 9.85. The van der Waals surface area contributed by atoms with Gasteiger partial charge < -0.3 is 15.4 Å². The maximum absolute atomic E-state index is 13.4. The topological polar surface area (TPSA) is 80.3 Å². The minimum atomic E-state index is -0.329. The molecule has 6 nitrogen and oxygen atoms in total. The zero-order valence-electron chi connectivity index (χ0n) is 16.5. The van der Waals surface area contributed by atoms with Crippen LogP contribution in [0.25, 0.3) is 11.3 Å². The minimum Gasteiger partial charge on any atom is -0.383 e. The number of aromatic nitrogens is 1. The molecule has 0 bridgehead atoms. The van der Waals surface area contributed by atoms with E-state index in [2.05, 4.69) is 15.6 Å². The molecule has 1 saturated carbocycles.